The third-order valence-electron chi connectivity index (χ3n) is 2.91. The van der Waals surface area contributed by atoms with Crippen molar-refractivity contribution in [1.29, 1.82) is 0 Å². The largest absolute Gasteiger partial charge is 0.209 e. The molecular weight excluding hydrogens is 294 g/mol. The predicted octanol–water partition coefficient (Wildman–Crippen LogP) is 5.05. The zero-order chi connectivity index (χ0) is 17.0. The maximum absolute atomic E-state index is 4.51. The van der Waals surface area contributed by atoms with Crippen LogP contribution in [0.15, 0.2) is 92.1 Å². The van der Waals surface area contributed by atoms with E-state index in [2.05, 4.69) is 28.1 Å². The maximum atomic E-state index is 4.51. The van der Waals surface area contributed by atoms with Crippen molar-refractivity contribution in [3.8, 4) is 11.4 Å². The molecular formula is C21H19N3. The minimum absolute atomic E-state index is 0.602. The van der Waals surface area contributed by atoms with Crippen LogP contribution in [-0.2, 0) is 0 Å². The number of nitrogens with zero attached hydrogens (tertiary/aromatic N) is 3. The zero-order valence-electron chi connectivity index (χ0n) is 13.4. The summed E-state index contributed by atoms with van der Waals surface area (Å²) in [6.07, 6.45) is 18.3. The second-order valence-corrected chi connectivity index (χ2v) is 4.70. The molecule has 0 aliphatic carbocycles. The van der Waals surface area contributed by atoms with Crippen molar-refractivity contribution in [3.05, 3.63) is 104 Å². The van der Waals surface area contributed by atoms with Crippen molar-refractivity contribution in [3.63, 3.8) is 0 Å². The van der Waals surface area contributed by atoms with Crippen LogP contribution >= 0.6 is 0 Å². The Balaban J connectivity index is 2.39. The van der Waals surface area contributed by atoms with Crippen molar-refractivity contribution >= 4 is 12.2 Å². The van der Waals surface area contributed by atoms with E-state index in [4.69, 9.17) is 0 Å². The molecule has 0 aliphatic rings. The first-order valence-electron chi connectivity index (χ1n) is 7.56. The highest BCUT2D eigenvalue weighted by Gasteiger charge is 2.04. The van der Waals surface area contributed by atoms with E-state index in [9.17, 15) is 0 Å². The highest BCUT2D eigenvalue weighted by Crippen LogP contribution is 2.15. The number of allylic oxidation sites excluding steroid dienone is 8. The fourth-order valence-electron chi connectivity index (χ4n) is 1.84. The van der Waals surface area contributed by atoms with E-state index in [1.165, 1.54) is 0 Å². The third kappa shape index (κ3) is 5.46. The third-order valence-corrected chi connectivity index (χ3v) is 2.91. The zero-order valence-corrected chi connectivity index (χ0v) is 13.4. The molecule has 0 atom stereocenters. The summed E-state index contributed by atoms with van der Waals surface area (Å²) in [5.41, 5.74) is 0.951. The number of rotatable bonds is 7. The van der Waals surface area contributed by atoms with Gasteiger partial charge in [-0.3, -0.25) is 0 Å². The second kappa shape index (κ2) is 9.64. The molecule has 118 valence electrons. The van der Waals surface area contributed by atoms with E-state index in [1.807, 2.05) is 78.9 Å². The molecule has 3 heteroatoms. The molecule has 2 aromatic rings. The summed E-state index contributed by atoms with van der Waals surface area (Å²) in [5.74, 6) is 1.85. The van der Waals surface area contributed by atoms with Gasteiger partial charge in [-0.1, -0.05) is 92.1 Å². The molecule has 0 saturated carbocycles. The lowest BCUT2D eigenvalue weighted by Crippen LogP contribution is -1.99. The molecule has 0 aliphatic heterocycles. The van der Waals surface area contributed by atoms with Crippen LogP contribution in [0.3, 0.4) is 0 Å². The fourth-order valence-corrected chi connectivity index (χ4v) is 1.84. The summed E-state index contributed by atoms with van der Waals surface area (Å²) in [6, 6.07) is 9.84. The van der Waals surface area contributed by atoms with Crippen LogP contribution in [-0.4, -0.2) is 15.0 Å². The van der Waals surface area contributed by atoms with Gasteiger partial charge < -0.3 is 0 Å². The van der Waals surface area contributed by atoms with Crippen LogP contribution in [0.5, 0.6) is 0 Å². The molecule has 1 aromatic carbocycles. The van der Waals surface area contributed by atoms with Gasteiger partial charge in [0.05, 0.1) is 0 Å². The van der Waals surface area contributed by atoms with Crippen molar-refractivity contribution in [1.82, 2.24) is 15.0 Å². The first-order valence-corrected chi connectivity index (χ1v) is 7.56. The minimum Gasteiger partial charge on any atom is -0.209 e. The second-order valence-electron chi connectivity index (χ2n) is 4.70. The molecule has 0 unspecified atom stereocenters. The molecule has 1 heterocycles. The predicted molar refractivity (Wildman–Crippen MR) is 102 cm³/mol. The molecule has 0 fully saturated rings. The van der Waals surface area contributed by atoms with Crippen LogP contribution in [0.1, 0.15) is 11.6 Å². The topological polar surface area (TPSA) is 38.7 Å². The van der Waals surface area contributed by atoms with Gasteiger partial charge in [0.2, 0.25) is 0 Å². The molecule has 0 amide bonds. The first kappa shape index (κ1) is 17.0. The van der Waals surface area contributed by atoms with Gasteiger partial charge >= 0.3 is 0 Å². The summed E-state index contributed by atoms with van der Waals surface area (Å²) in [7, 11) is 0. The number of benzene rings is 1. The van der Waals surface area contributed by atoms with Crippen LogP contribution in [0.2, 0.25) is 0 Å². The Labute approximate surface area is 142 Å². The van der Waals surface area contributed by atoms with Gasteiger partial charge in [0.15, 0.2) is 17.5 Å². The normalized spacial score (nSPS) is 11.8. The lowest BCUT2D eigenvalue weighted by Gasteiger charge is -2.02. The van der Waals surface area contributed by atoms with Crippen LogP contribution in [0.4, 0.5) is 0 Å². The Hall–Kier alpha value is -3.33. The van der Waals surface area contributed by atoms with Crippen LogP contribution in [0.25, 0.3) is 23.5 Å². The molecule has 3 nitrogen and oxygen atoms in total. The minimum atomic E-state index is 0.602. The fraction of sp³-hybridized carbons (Fsp3) is 0. The lowest BCUT2D eigenvalue weighted by atomic mass is 10.2. The Kier molecular flexibility index (Phi) is 6.84. The highest BCUT2D eigenvalue weighted by atomic mass is 15.0. The molecule has 0 radical (unpaired) electrons. The standard InChI is InChI=1S/C21H19N3/c1-3-5-7-12-16-19-22-20(17-13-8-6-4-2)24-21(23-19)18-14-10-9-11-15-18/h3-17H,1-2H2/b7-5-,8-6-,16-12+,17-13+. The van der Waals surface area contributed by atoms with Gasteiger partial charge in [-0.2, -0.15) is 0 Å². The smallest absolute Gasteiger partial charge is 0.164 e. The summed E-state index contributed by atoms with van der Waals surface area (Å²) >= 11 is 0. The van der Waals surface area contributed by atoms with Gasteiger partial charge in [0.1, 0.15) is 0 Å². The SMILES string of the molecule is C=C/C=C\C=C\c1nc(/C=C/C=C\C=C)nc(-c2ccccc2)n1. The van der Waals surface area contributed by atoms with Crippen molar-refractivity contribution in [2.45, 2.75) is 0 Å². The van der Waals surface area contributed by atoms with Crippen molar-refractivity contribution in [2.24, 2.45) is 0 Å². The van der Waals surface area contributed by atoms with Gasteiger partial charge in [-0.25, -0.2) is 15.0 Å². The molecule has 0 N–H and O–H groups in total. The van der Waals surface area contributed by atoms with E-state index in [0.717, 1.165) is 5.56 Å². The summed E-state index contributed by atoms with van der Waals surface area (Å²) in [4.78, 5) is 13.5. The first-order chi connectivity index (χ1) is 11.8. The van der Waals surface area contributed by atoms with Gasteiger partial charge in [-0.15, -0.1) is 0 Å². The highest BCUT2D eigenvalue weighted by molar-refractivity contribution is 5.58. The number of hydrogen-bond acceptors (Lipinski definition) is 3. The van der Waals surface area contributed by atoms with Gasteiger partial charge in [0, 0.05) is 5.56 Å². The average molecular weight is 313 g/mol. The lowest BCUT2D eigenvalue weighted by molar-refractivity contribution is 1.02. The van der Waals surface area contributed by atoms with Crippen molar-refractivity contribution < 1.29 is 0 Å². The van der Waals surface area contributed by atoms with Crippen molar-refractivity contribution in [2.75, 3.05) is 0 Å². The molecule has 1 aromatic heterocycles. The molecule has 2 rings (SSSR count). The number of hydrogen-bond donors (Lipinski definition) is 0. The Morgan fingerprint density at radius 1 is 0.625 bits per heavy atom. The summed E-state index contributed by atoms with van der Waals surface area (Å²) < 4.78 is 0. The summed E-state index contributed by atoms with van der Waals surface area (Å²) in [6.45, 7) is 7.27. The molecule has 0 spiro atoms. The van der Waals surface area contributed by atoms with E-state index in [0.29, 0.717) is 17.5 Å². The van der Waals surface area contributed by atoms with Crippen LogP contribution < -0.4 is 0 Å². The summed E-state index contributed by atoms with van der Waals surface area (Å²) in [5, 5.41) is 0. The Bertz CT molecular complexity index is 751. The van der Waals surface area contributed by atoms with E-state index >= 15 is 0 Å². The van der Waals surface area contributed by atoms with E-state index in [-0.39, 0.29) is 0 Å². The maximum Gasteiger partial charge on any atom is 0.164 e. The average Bonchev–Trinajstić information content (AvgIpc) is 2.63. The van der Waals surface area contributed by atoms with E-state index < -0.39 is 0 Å². The Morgan fingerprint density at radius 3 is 1.67 bits per heavy atom. The monoisotopic (exact) mass is 313 g/mol. The van der Waals surface area contributed by atoms with Gasteiger partial charge in [-0.05, 0) is 12.2 Å². The van der Waals surface area contributed by atoms with Gasteiger partial charge in [0.25, 0.3) is 0 Å². The molecule has 0 saturated heterocycles. The molecule has 0 bridgehead atoms. The van der Waals surface area contributed by atoms with E-state index in [1.54, 1.807) is 12.2 Å². The quantitative estimate of drug-likeness (QED) is 0.671. The Morgan fingerprint density at radius 2 is 1.17 bits per heavy atom. The number of aromatic nitrogens is 3. The van der Waals surface area contributed by atoms with Crippen LogP contribution in [0, 0.1) is 0 Å². The molecule has 24 heavy (non-hydrogen) atoms.